The molecule has 34 heavy (non-hydrogen) atoms. The van der Waals surface area contributed by atoms with Crippen molar-refractivity contribution in [2.45, 2.75) is 24.5 Å². The Labute approximate surface area is 206 Å². The van der Waals surface area contributed by atoms with Crippen LogP contribution >= 0.6 is 27.5 Å². The van der Waals surface area contributed by atoms with Crippen LogP contribution in [0, 0.1) is 0 Å². The van der Waals surface area contributed by atoms with Crippen LogP contribution in [0.2, 0.25) is 5.02 Å². The SMILES string of the molecule is Cn1ccc(-c2cn([C@@H]3O[C@H](C(=O)Nc4ccc(Br)c(Cl)c4)[C@@H](O)[C@H]3O)c3ncnc(N)c23)n1. The van der Waals surface area contributed by atoms with Gasteiger partial charge < -0.3 is 30.6 Å². The Morgan fingerprint density at radius 3 is 2.76 bits per heavy atom. The number of nitrogens with zero attached hydrogens (tertiary/aromatic N) is 5. The molecule has 1 fully saturated rings. The van der Waals surface area contributed by atoms with E-state index in [2.05, 4.69) is 36.3 Å². The Balaban J connectivity index is 1.48. The summed E-state index contributed by atoms with van der Waals surface area (Å²) in [6, 6.07) is 6.67. The molecule has 3 aromatic heterocycles. The van der Waals surface area contributed by atoms with E-state index in [1.165, 1.54) is 10.9 Å². The number of ether oxygens (including phenoxy) is 1. The molecule has 0 unspecified atom stereocenters. The highest BCUT2D eigenvalue weighted by molar-refractivity contribution is 9.10. The first kappa shape index (κ1) is 22.7. The number of halogens is 2. The molecular weight excluding hydrogens is 530 g/mol. The summed E-state index contributed by atoms with van der Waals surface area (Å²) in [4.78, 5) is 21.2. The van der Waals surface area contributed by atoms with Crippen molar-refractivity contribution in [1.29, 1.82) is 0 Å². The number of carbonyl (C=O) groups excluding carboxylic acids is 1. The van der Waals surface area contributed by atoms with Crippen LogP contribution in [0.3, 0.4) is 0 Å². The van der Waals surface area contributed by atoms with Gasteiger partial charge in [0.05, 0.1) is 16.1 Å². The maximum Gasteiger partial charge on any atom is 0.256 e. The summed E-state index contributed by atoms with van der Waals surface area (Å²) in [5.41, 5.74) is 8.14. The number of nitrogen functional groups attached to an aromatic ring is 1. The molecule has 0 saturated carbocycles. The normalized spacial score (nSPS) is 22.4. The quantitative estimate of drug-likeness (QED) is 0.302. The van der Waals surface area contributed by atoms with Crippen LogP contribution in [0.4, 0.5) is 11.5 Å². The van der Waals surface area contributed by atoms with Gasteiger partial charge in [-0.25, -0.2) is 9.97 Å². The van der Waals surface area contributed by atoms with Gasteiger partial charge in [0, 0.05) is 35.2 Å². The minimum Gasteiger partial charge on any atom is -0.387 e. The molecule has 1 aromatic carbocycles. The summed E-state index contributed by atoms with van der Waals surface area (Å²) in [6.07, 6.45) is -0.662. The van der Waals surface area contributed by atoms with Crippen LogP contribution in [0.25, 0.3) is 22.3 Å². The van der Waals surface area contributed by atoms with Crippen LogP contribution in [0.1, 0.15) is 6.23 Å². The number of rotatable bonds is 4. The van der Waals surface area contributed by atoms with Crippen molar-refractivity contribution in [3.8, 4) is 11.3 Å². The van der Waals surface area contributed by atoms with E-state index < -0.39 is 30.4 Å². The molecule has 5 rings (SSSR count). The van der Waals surface area contributed by atoms with Gasteiger partial charge in [-0.2, -0.15) is 5.10 Å². The molecule has 176 valence electrons. The number of aliphatic hydroxyl groups is 2. The van der Waals surface area contributed by atoms with Crippen molar-refractivity contribution >= 4 is 56.0 Å². The molecule has 1 aliphatic heterocycles. The van der Waals surface area contributed by atoms with Crippen molar-refractivity contribution in [3.63, 3.8) is 0 Å². The predicted molar refractivity (Wildman–Crippen MR) is 128 cm³/mol. The highest BCUT2D eigenvalue weighted by Crippen LogP contribution is 2.38. The zero-order valence-electron chi connectivity index (χ0n) is 17.6. The number of hydrogen-bond acceptors (Lipinski definition) is 8. The average molecular weight is 549 g/mol. The lowest BCUT2D eigenvalue weighted by atomic mass is 10.1. The molecule has 1 aliphatic rings. The first-order valence-electron chi connectivity index (χ1n) is 10.1. The molecule has 1 saturated heterocycles. The van der Waals surface area contributed by atoms with Gasteiger partial charge in [-0.3, -0.25) is 9.48 Å². The Hall–Kier alpha value is -3.03. The molecule has 4 aromatic rings. The largest absolute Gasteiger partial charge is 0.387 e. The van der Waals surface area contributed by atoms with Crippen LogP contribution in [0.5, 0.6) is 0 Å². The van der Waals surface area contributed by atoms with E-state index in [4.69, 9.17) is 22.1 Å². The van der Waals surface area contributed by atoms with Gasteiger partial charge in [-0.1, -0.05) is 11.6 Å². The molecule has 4 atom stereocenters. The van der Waals surface area contributed by atoms with Gasteiger partial charge in [0.15, 0.2) is 12.3 Å². The number of benzene rings is 1. The maximum atomic E-state index is 12.9. The maximum absolute atomic E-state index is 12.9. The van der Waals surface area contributed by atoms with Crippen LogP contribution in [-0.4, -0.2) is 58.7 Å². The van der Waals surface area contributed by atoms with E-state index in [1.807, 2.05) is 0 Å². The fraction of sp³-hybridized carbons (Fsp3) is 0.238. The standard InChI is InChI=1S/C21H19BrClN7O4/c1-29-5-4-13(28-29)10-7-30(19-14(10)18(24)25-8-26-19)21-16(32)15(31)17(34-21)20(33)27-9-2-3-11(22)12(23)6-9/h2-8,15-17,21,31-32H,1H3,(H,27,33)(H2,24,25,26)/t15-,16+,17-,21+/m0/s1. The van der Waals surface area contributed by atoms with Crippen molar-refractivity contribution in [2.75, 3.05) is 11.1 Å². The molecule has 0 spiro atoms. The van der Waals surface area contributed by atoms with Crippen molar-refractivity contribution in [2.24, 2.45) is 7.05 Å². The summed E-state index contributed by atoms with van der Waals surface area (Å²) in [7, 11) is 1.78. The first-order chi connectivity index (χ1) is 16.2. The van der Waals surface area contributed by atoms with Crippen LogP contribution in [-0.2, 0) is 16.6 Å². The number of nitrogens with one attached hydrogen (secondary N) is 1. The number of fused-ring (bicyclic) bond motifs is 1. The smallest absolute Gasteiger partial charge is 0.256 e. The topological polar surface area (TPSA) is 153 Å². The third-order valence-corrected chi connectivity index (χ3v) is 6.82. The molecule has 0 bridgehead atoms. The average Bonchev–Trinajstić information content (AvgIpc) is 3.48. The lowest BCUT2D eigenvalue weighted by molar-refractivity contribution is -0.132. The third kappa shape index (κ3) is 3.83. The van der Waals surface area contributed by atoms with Crippen LogP contribution in [0.15, 0.2) is 47.5 Å². The molecule has 1 amide bonds. The molecule has 5 N–H and O–H groups in total. The van der Waals surface area contributed by atoms with Gasteiger partial charge in [-0.05, 0) is 40.2 Å². The molecule has 11 nitrogen and oxygen atoms in total. The van der Waals surface area contributed by atoms with E-state index in [1.54, 1.807) is 48.4 Å². The Bertz CT molecular complexity index is 1410. The van der Waals surface area contributed by atoms with Crippen LogP contribution < -0.4 is 11.1 Å². The second kappa shape index (κ2) is 8.64. The van der Waals surface area contributed by atoms with Gasteiger partial charge in [-0.15, -0.1) is 0 Å². The summed E-state index contributed by atoms with van der Waals surface area (Å²) in [5, 5.41) is 29.4. The zero-order chi connectivity index (χ0) is 24.1. The fourth-order valence-electron chi connectivity index (χ4n) is 3.95. The molecule has 13 heteroatoms. The molecule has 4 heterocycles. The van der Waals surface area contributed by atoms with Gasteiger partial charge in [0.25, 0.3) is 5.91 Å². The second-order valence-corrected chi connectivity index (χ2v) is 9.09. The number of nitrogens with two attached hydrogens (primary N) is 1. The second-order valence-electron chi connectivity index (χ2n) is 7.83. The number of aryl methyl sites for hydroxylation is 1. The Kier molecular flexibility index (Phi) is 5.78. The lowest BCUT2D eigenvalue weighted by Crippen LogP contribution is -2.39. The van der Waals surface area contributed by atoms with E-state index in [9.17, 15) is 15.0 Å². The number of aliphatic hydroxyl groups excluding tert-OH is 2. The summed E-state index contributed by atoms with van der Waals surface area (Å²) < 4.78 is 9.67. The van der Waals surface area contributed by atoms with Gasteiger partial charge in [0.2, 0.25) is 0 Å². The molecule has 0 aliphatic carbocycles. The summed E-state index contributed by atoms with van der Waals surface area (Å²) >= 11 is 9.37. The number of aromatic nitrogens is 5. The van der Waals surface area contributed by atoms with Gasteiger partial charge >= 0.3 is 0 Å². The summed E-state index contributed by atoms with van der Waals surface area (Å²) in [6.45, 7) is 0. The van der Waals surface area contributed by atoms with Crippen molar-refractivity contribution in [1.82, 2.24) is 24.3 Å². The highest BCUT2D eigenvalue weighted by Gasteiger charge is 2.48. The minimum absolute atomic E-state index is 0.221. The third-order valence-electron chi connectivity index (χ3n) is 5.59. The zero-order valence-corrected chi connectivity index (χ0v) is 20.0. The lowest BCUT2D eigenvalue weighted by Gasteiger charge is -2.17. The predicted octanol–water partition coefficient (Wildman–Crippen LogP) is 2.09. The minimum atomic E-state index is -1.49. The monoisotopic (exact) mass is 547 g/mol. The Morgan fingerprint density at radius 1 is 1.26 bits per heavy atom. The number of carbonyl (C=O) groups is 1. The van der Waals surface area contributed by atoms with E-state index in [-0.39, 0.29) is 5.82 Å². The van der Waals surface area contributed by atoms with Crippen molar-refractivity contribution < 1.29 is 19.7 Å². The van der Waals surface area contributed by atoms with E-state index >= 15 is 0 Å². The Morgan fingerprint density at radius 2 is 2.06 bits per heavy atom. The fourth-order valence-corrected chi connectivity index (χ4v) is 4.38. The van der Waals surface area contributed by atoms with E-state index in [0.717, 1.165) is 0 Å². The summed E-state index contributed by atoms with van der Waals surface area (Å²) in [5.74, 6) is -0.415. The number of amides is 1. The van der Waals surface area contributed by atoms with Crippen molar-refractivity contribution in [3.05, 3.63) is 52.5 Å². The van der Waals surface area contributed by atoms with Gasteiger partial charge in [0.1, 0.15) is 30.0 Å². The van der Waals surface area contributed by atoms with E-state index in [0.29, 0.717) is 37.5 Å². The first-order valence-corrected chi connectivity index (χ1v) is 11.3. The number of anilines is 2. The molecule has 0 radical (unpaired) electrons. The highest BCUT2D eigenvalue weighted by atomic mass is 79.9. The molecular formula is C21H19BrClN7O4. The number of hydrogen-bond donors (Lipinski definition) is 4.